The predicted octanol–water partition coefficient (Wildman–Crippen LogP) is 5.66. The van der Waals surface area contributed by atoms with Crippen LogP contribution in [0.5, 0.6) is 0 Å². The van der Waals surface area contributed by atoms with Gasteiger partial charge in [-0.05, 0) is 48.6 Å². The Hall–Kier alpha value is -2.79. The van der Waals surface area contributed by atoms with Crippen LogP contribution < -0.4 is 10.6 Å². The van der Waals surface area contributed by atoms with Gasteiger partial charge in [-0.2, -0.15) is 0 Å². The number of carbonyl (C=O) groups is 1. The van der Waals surface area contributed by atoms with Crippen molar-refractivity contribution in [2.75, 3.05) is 18.5 Å². The number of nitrogens with one attached hydrogen (secondary N) is 2. The fourth-order valence-corrected chi connectivity index (χ4v) is 4.23. The van der Waals surface area contributed by atoms with Gasteiger partial charge in [0.2, 0.25) is 0 Å². The highest BCUT2D eigenvalue weighted by Crippen LogP contribution is 2.27. The van der Waals surface area contributed by atoms with Crippen molar-refractivity contribution in [3.05, 3.63) is 71.4 Å². The topological polar surface area (TPSA) is 57.3 Å². The van der Waals surface area contributed by atoms with Crippen molar-refractivity contribution in [2.24, 2.45) is 5.92 Å². The molecule has 0 unspecified atom stereocenters. The second kappa shape index (κ2) is 9.81. The molecule has 1 aliphatic rings. The fraction of sp³-hybridized carbons (Fsp3) is 0.333. The molecular formula is C24H27ClN4O. The lowest BCUT2D eigenvalue weighted by Gasteiger charge is -2.27. The van der Waals surface area contributed by atoms with Crippen molar-refractivity contribution in [2.45, 2.75) is 32.2 Å². The van der Waals surface area contributed by atoms with Crippen molar-refractivity contribution < 1.29 is 4.79 Å². The zero-order valence-electron chi connectivity index (χ0n) is 17.0. The Balaban J connectivity index is 1.45. The molecule has 4 rings (SSSR count). The summed E-state index contributed by atoms with van der Waals surface area (Å²) in [4.78, 5) is 19.3. The number of urea groups is 1. The van der Waals surface area contributed by atoms with Gasteiger partial charge < -0.3 is 15.5 Å². The summed E-state index contributed by atoms with van der Waals surface area (Å²) in [6.45, 7) is 1.73. The first-order valence-electron chi connectivity index (χ1n) is 10.5. The van der Waals surface area contributed by atoms with Crippen LogP contribution in [0, 0.1) is 5.92 Å². The average Bonchev–Trinajstić information content (AvgIpc) is 3.28. The molecule has 0 spiro atoms. The van der Waals surface area contributed by atoms with E-state index in [9.17, 15) is 4.79 Å². The van der Waals surface area contributed by atoms with Gasteiger partial charge in [-0.1, -0.05) is 54.8 Å². The van der Waals surface area contributed by atoms with Gasteiger partial charge in [0.15, 0.2) is 0 Å². The van der Waals surface area contributed by atoms with Crippen LogP contribution in [-0.2, 0) is 6.54 Å². The van der Waals surface area contributed by atoms with Crippen LogP contribution in [0.1, 0.15) is 31.2 Å². The molecule has 2 N–H and O–H groups in total. The van der Waals surface area contributed by atoms with E-state index in [0.717, 1.165) is 28.7 Å². The summed E-state index contributed by atoms with van der Waals surface area (Å²) < 4.78 is 0. The second-order valence-electron chi connectivity index (χ2n) is 7.87. The Kier molecular flexibility index (Phi) is 6.70. The van der Waals surface area contributed by atoms with Gasteiger partial charge in [0.05, 0.1) is 12.2 Å². The van der Waals surface area contributed by atoms with Crippen LogP contribution in [0.3, 0.4) is 0 Å². The molecule has 1 aromatic heterocycles. The molecular weight excluding hydrogens is 396 g/mol. The minimum absolute atomic E-state index is 0.0420. The highest BCUT2D eigenvalue weighted by atomic mass is 35.5. The van der Waals surface area contributed by atoms with Gasteiger partial charge >= 0.3 is 6.03 Å². The van der Waals surface area contributed by atoms with E-state index in [1.54, 1.807) is 6.20 Å². The van der Waals surface area contributed by atoms with Crippen molar-refractivity contribution in [1.29, 1.82) is 0 Å². The van der Waals surface area contributed by atoms with Gasteiger partial charge in [0.1, 0.15) is 0 Å². The Morgan fingerprint density at radius 3 is 2.70 bits per heavy atom. The number of fused-ring (bicyclic) bond motifs is 1. The summed E-state index contributed by atoms with van der Waals surface area (Å²) in [5.41, 5.74) is 2.88. The Morgan fingerprint density at radius 1 is 1.10 bits per heavy atom. The molecule has 2 aromatic carbocycles. The molecule has 0 saturated heterocycles. The molecule has 2 amide bonds. The van der Waals surface area contributed by atoms with E-state index in [4.69, 9.17) is 11.6 Å². The smallest absolute Gasteiger partial charge is 0.319 e. The number of hydrogen-bond acceptors (Lipinski definition) is 3. The lowest BCUT2D eigenvalue weighted by atomic mass is 10.1. The monoisotopic (exact) mass is 422 g/mol. The van der Waals surface area contributed by atoms with E-state index in [1.807, 2.05) is 59.5 Å². The number of halogens is 1. The number of anilines is 1. The Morgan fingerprint density at radius 2 is 1.90 bits per heavy atom. The van der Waals surface area contributed by atoms with Gasteiger partial charge in [-0.3, -0.25) is 4.98 Å². The summed E-state index contributed by atoms with van der Waals surface area (Å²) in [5.74, 6) is 0.572. The van der Waals surface area contributed by atoms with Crippen LogP contribution in [0.25, 0.3) is 10.9 Å². The number of benzene rings is 2. The summed E-state index contributed by atoms with van der Waals surface area (Å²) in [7, 11) is 0. The molecule has 1 heterocycles. The largest absolute Gasteiger partial charge is 0.367 e. The lowest BCUT2D eigenvalue weighted by Crippen LogP contribution is -2.44. The summed E-state index contributed by atoms with van der Waals surface area (Å²) in [6, 6.07) is 17.6. The molecule has 30 heavy (non-hydrogen) atoms. The molecule has 0 aliphatic heterocycles. The maximum atomic E-state index is 13.0. The zero-order valence-corrected chi connectivity index (χ0v) is 17.7. The number of nitrogens with zero attached hydrogens (tertiary/aromatic N) is 2. The summed E-state index contributed by atoms with van der Waals surface area (Å²) in [5, 5.41) is 8.17. The van der Waals surface area contributed by atoms with Crippen LogP contribution in [0.4, 0.5) is 10.5 Å². The highest BCUT2D eigenvalue weighted by Gasteiger charge is 2.22. The van der Waals surface area contributed by atoms with Gasteiger partial charge in [0.25, 0.3) is 0 Å². The van der Waals surface area contributed by atoms with Gasteiger partial charge in [-0.15, -0.1) is 0 Å². The van der Waals surface area contributed by atoms with Crippen molar-refractivity contribution in [3.8, 4) is 0 Å². The first-order chi connectivity index (χ1) is 14.7. The molecule has 6 heteroatoms. The molecule has 1 saturated carbocycles. The third-order valence-electron chi connectivity index (χ3n) is 5.69. The van der Waals surface area contributed by atoms with Crippen molar-refractivity contribution >= 4 is 34.2 Å². The normalized spacial score (nSPS) is 14.0. The van der Waals surface area contributed by atoms with Crippen LogP contribution in [0.15, 0.2) is 60.8 Å². The molecule has 1 aliphatic carbocycles. The van der Waals surface area contributed by atoms with E-state index >= 15 is 0 Å². The molecule has 3 aromatic rings. The molecule has 156 valence electrons. The number of pyridine rings is 1. The zero-order chi connectivity index (χ0) is 20.8. The fourth-order valence-electron chi connectivity index (χ4n) is 4.07. The minimum atomic E-state index is -0.0420. The van der Waals surface area contributed by atoms with E-state index in [2.05, 4.69) is 15.6 Å². The van der Waals surface area contributed by atoms with E-state index in [-0.39, 0.29) is 6.03 Å². The summed E-state index contributed by atoms with van der Waals surface area (Å²) >= 11 is 6.10. The highest BCUT2D eigenvalue weighted by molar-refractivity contribution is 6.31. The molecule has 0 bridgehead atoms. The lowest BCUT2D eigenvalue weighted by molar-refractivity contribution is 0.191. The second-order valence-corrected chi connectivity index (χ2v) is 8.31. The number of amides is 2. The van der Waals surface area contributed by atoms with Crippen molar-refractivity contribution in [1.82, 2.24) is 15.2 Å². The summed E-state index contributed by atoms with van der Waals surface area (Å²) in [6.07, 6.45) is 6.66. The maximum absolute atomic E-state index is 13.0. The first-order valence-corrected chi connectivity index (χ1v) is 10.9. The maximum Gasteiger partial charge on any atom is 0.319 e. The standard InChI is InChI=1S/C24H27ClN4O/c25-20-10-11-21-22(12-13-26-23(21)14-20)28-17-29(16-19-8-4-5-9-19)24(30)27-15-18-6-2-1-3-7-18/h1-3,6-7,10-14,19H,4-5,8-9,15-17H2,(H,26,28)(H,27,30). The average molecular weight is 423 g/mol. The first kappa shape index (κ1) is 20.5. The SMILES string of the molecule is O=C(NCc1ccccc1)N(CNc1ccnc2cc(Cl)ccc12)CC1CCCC1. The van der Waals surface area contributed by atoms with Gasteiger partial charge in [-0.25, -0.2) is 4.79 Å². The van der Waals surface area contributed by atoms with Crippen LogP contribution >= 0.6 is 11.6 Å². The number of rotatable bonds is 7. The third-order valence-corrected chi connectivity index (χ3v) is 5.93. The number of carbonyl (C=O) groups excluding carboxylic acids is 1. The number of aromatic nitrogens is 1. The molecule has 0 atom stereocenters. The third kappa shape index (κ3) is 5.22. The Bertz CT molecular complexity index is 989. The van der Waals surface area contributed by atoms with Crippen molar-refractivity contribution in [3.63, 3.8) is 0 Å². The molecule has 0 radical (unpaired) electrons. The van der Waals surface area contributed by atoms with E-state index < -0.39 is 0 Å². The molecule has 1 fully saturated rings. The van der Waals surface area contributed by atoms with Gasteiger partial charge in [0, 0.05) is 35.4 Å². The quantitative estimate of drug-likeness (QED) is 0.483. The number of hydrogen-bond donors (Lipinski definition) is 2. The van der Waals surface area contributed by atoms with Crippen LogP contribution in [0.2, 0.25) is 5.02 Å². The van der Waals surface area contributed by atoms with Crippen LogP contribution in [-0.4, -0.2) is 29.1 Å². The molecule has 5 nitrogen and oxygen atoms in total. The Labute approximate surface area is 182 Å². The minimum Gasteiger partial charge on any atom is -0.367 e. The predicted molar refractivity (Wildman–Crippen MR) is 123 cm³/mol. The van der Waals surface area contributed by atoms with E-state index in [0.29, 0.717) is 24.2 Å². The van der Waals surface area contributed by atoms with E-state index in [1.165, 1.54) is 25.7 Å².